The average molecular weight is 286 g/mol. The van der Waals surface area contributed by atoms with Gasteiger partial charge >= 0.3 is 0 Å². The predicted molar refractivity (Wildman–Crippen MR) is 82.0 cm³/mol. The molecule has 0 bridgehead atoms. The first-order chi connectivity index (χ1) is 9.54. The fourth-order valence-corrected chi connectivity index (χ4v) is 2.44. The minimum absolute atomic E-state index is 0.171. The van der Waals surface area contributed by atoms with Crippen LogP contribution in [0.1, 0.15) is 20.8 Å². The van der Waals surface area contributed by atoms with Gasteiger partial charge in [0.2, 0.25) is 0 Å². The van der Waals surface area contributed by atoms with Gasteiger partial charge in [-0.3, -0.25) is 9.89 Å². The Morgan fingerprint density at radius 1 is 1.35 bits per heavy atom. The van der Waals surface area contributed by atoms with Crippen LogP contribution in [0.25, 0.3) is 0 Å². The second-order valence-electron chi connectivity index (χ2n) is 5.69. The zero-order valence-corrected chi connectivity index (χ0v) is 13.3. The summed E-state index contributed by atoms with van der Waals surface area (Å²) in [6.07, 6.45) is 0. The Bertz CT molecular complexity index is 291. The van der Waals surface area contributed by atoms with E-state index < -0.39 is 0 Å². The first-order valence-electron chi connectivity index (χ1n) is 7.41. The van der Waals surface area contributed by atoms with Crippen LogP contribution >= 0.6 is 0 Å². The van der Waals surface area contributed by atoms with Crippen molar-refractivity contribution in [3.63, 3.8) is 0 Å². The number of morpholine rings is 1. The molecule has 0 radical (unpaired) electrons. The SMILES string of the molecule is COCC(C)NC(N)=NCC(C(C)C)N1CCOCC1. The topological polar surface area (TPSA) is 72.1 Å². The normalized spacial score (nSPS) is 20.9. The number of methoxy groups -OCH3 is 1. The molecule has 1 heterocycles. The smallest absolute Gasteiger partial charge is 0.188 e. The van der Waals surface area contributed by atoms with Gasteiger partial charge in [0.25, 0.3) is 0 Å². The van der Waals surface area contributed by atoms with Crippen molar-refractivity contribution in [2.24, 2.45) is 16.6 Å². The van der Waals surface area contributed by atoms with E-state index in [4.69, 9.17) is 15.2 Å². The number of rotatable bonds is 7. The Kier molecular flexibility index (Phi) is 7.87. The largest absolute Gasteiger partial charge is 0.383 e. The molecule has 0 spiro atoms. The van der Waals surface area contributed by atoms with E-state index in [-0.39, 0.29) is 6.04 Å². The molecule has 6 heteroatoms. The van der Waals surface area contributed by atoms with E-state index in [1.54, 1.807) is 7.11 Å². The molecule has 1 fully saturated rings. The van der Waals surface area contributed by atoms with Gasteiger partial charge in [-0.2, -0.15) is 0 Å². The standard InChI is InChI=1S/C14H30N4O2/c1-11(2)13(18-5-7-20-8-6-18)9-16-14(15)17-12(3)10-19-4/h11-13H,5-10H2,1-4H3,(H3,15,16,17). The molecule has 1 aliphatic rings. The van der Waals surface area contributed by atoms with Crippen LogP contribution in [0.3, 0.4) is 0 Å². The summed E-state index contributed by atoms with van der Waals surface area (Å²) in [4.78, 5) is 6.94. The van der Waals surface area contributed by atoms with Crippen molar-refractivity contribution in [3.8, 4) is 0 Å². The molecule has 6 nitrogen and oxygen atoms in total. The predicted octanol–water partition coefficient (Wildman–Crippen LogP) is 0.282. The third-order valence-corrected chi connectivity index (χ3v) is 3.54. The molecule has 1 rings (SSSR count). The highest BCUT2D eigenvalue weighted by atomic mass is 16.5. The highest BCUT2D eigenvalue weighted by Gasteiger charge is 2.23. The van der Waals surface area contributed by atoms with Gasteiger partial charge < -0.3 is 20.5 Å². The molecule has 0 amide bonds. The first kappa shape index (κ1) is 17.2. The van der Waals surface area contributed by atoms with E-state index >= 15 is 0 Å². The van der Waals surface area contributed by atoms with Crippen molar-refractivity contribution in [1.29, 1.82) is 0 Å². The Morgan fingerprint density at radius 3 is 2.55 bits per heavy atom. The van der Waals surface area contributed by atoms with Crippen LogP contribution in [-0.2, 0) is 9.47 Å². The molecule has 0 aromatic heterocycles. The molecular weight excluding hydrogens is 256 g/mol. The van der Waals surface area contributed by atoms with Gasteiger partial charge in [-0.15, -0.1) is 0 Å². The molecule has 2 unspecified atom stereocenters. The van der Waals surface area contributed by atoms with Crippen molar-refractivity contribution >= 4 is 5.96 Å². The van der Waals surface area contributed by atoms with Crippen molar-refractivity contribution in [3.05, 3.63) is 0 Å². The third-order valence-electron chi connectivity index (χ3n) is 3.54. The number of hydrogen-bond acceptors (Lipinski definition) is 4. The Balaban J connectivity index is 2.48. The molecule has 2 atom stereocenters. The summed E-state index contributed by atoms with van der Waals surface area (Å²) in [6.45, 7) is 11.4. The maximum absolute atomic E-state index is 5.92. The zero-order chi connectivity index (χ0) is 15.0. The molecule has 20 heavy (non-hydrogen) atoms. The molecule has 0 aromatic rings. The molecule has 1 saturated heterocycles. The highest BCUT2D eigenvalue weighted by molar-refractivity contribution is 5.78. The number of aliphatic imine (C=N–C) groups is 1. The molecule has 0 aliphatic carbocycles. The van der Waals surface area contributed by atoms with E-state index in [2.05, 4.69) is 29.1 Å². The molecule has 1 aliphatic heterocycles. The molecule has 118 valence electrons. The summed E-state index contributed by atoms with van der Waals surface area (Å²) in [5.74, 6) is 1.04. The summed E-state index contributed by atoms with van der Waals surface area (Å²) >= 11 is 0. The number of nitrogens with two attached hydrogens (primary N) is 1. The van der Waals surface area contributed by atoms with Crippen LogP contribution in [-0.4, -0.2) is 69.5 Å². The number of ether oxygens (including phenoxy) is 2. The van der Waals surface area contributed by atoms with E-state index in [1.807, 2.05) is 6.92 Å². The highest BCUT2D eigenvalue weighted by Crippen LogP contribution is 2.13. The van der Waals surface area contributed by atoms with Crippen molar-refractivity contribution in [2.45, 2.75) is 32.9 Å². The molecule has 0 saturated carbocycles. The number of hydrogen-bond donors (Lipinski definition) is 2. The molecule has 0 aromatic carbocycles. The van der Waals surface area contributed by atoms with Crippen molar-refractivity contribution < 1.29 is 9.47 Å². The van der Waals surface area contributed by atoms with Crippen molar-refractivity contribution in [1.82, 2.24) is 10.2 Å². The van der Waals surface area contributed by atoms with E-state index in [0.717, 1.165) is 32.8 Å². The second kappa shape index (κ2) is 9.15. The van der Waals surface area contributed by atoms with Gasteiger partial charge in [-0.25, -0.2) is 0 Å². The van der Waals surface area contributed by atoms with Crippen LogP contribution in [0.4, 0.5) is 0 Å². The lowest BCUT2D eigenvalue weighted by Gasteiger charge is -2.36. The molecule has 3 N–H and O–H groups in total. The van der Waals surface area contributed by atoms with Gasteiger partial charge in [-0.1, -0.05) is 13.8 Å². The summed E-state index contributed by atoms with van der Waals surface area (Å²) < 4.78 is 10.5. The maximum Gasteiger partial charge on any atom is 0.188 e. The van der Waals surface area contributed by atoms with E-state index in [9.17, 15) is 0 Å². The van der Waals surface area contributed by atoms with Gasteiger partial charge in [-0.05, 0) is 12.8 Å². The van der Waals surface area contributed by atoms with E-state index in [1.165, 1.54) is 0 Å². The zero-order valence-electron chi connectivity index (χ0n) is 13.3. The van der Waals surface area contributed by atoms with Gasteiger partial charge in [0.15, 0.2) is 5.96 Å². The number of guanidine groups is 1. The van der Waals surface area contributed by atoms with Crippen LogP contribution in [0.15, 0.2) is 4.99 Å². The van der Waals surface area contributed by atoms with Gasteiger partial charge in [0, 0.05) is 32.3 Å². The van der Waals surface area contributed by atoms with Gasteiger partial charge in [0.1, 0.15) is 0 Å². The van der Waals surface area contributed by atoms with Crippen LogP contribution in [0.2, 0.25) is 0 Å². The lowest BCUT2D eigenvalue weighted by molar-refractivity contribution is 0.00868. The van der Waals surface area contributed by atoms with Crippen LogP contribution < -0.4 is 11.1 Å². The summed E-state index contributed by atoms with van der Waals surface area (Å²) in [5.41, 5.74) is 5.92. The summed E-state index contributed by atoms with van der Waals surface area (Å²) in [6, 6.07) is 0.585. The minimum Gasteiger partial charge on any atom is -0.383 e. The quantitative estimate of drug-likeness (QED) is 0.520. The second-order valence-corrected chi connectivity index (χ2v) is 5.69. The first-order valence-corrected chi connectivity index (χ1v) is 7.41. The Hall–Kier alpha value is -0.850. The lowest BCUT2D eigenvalue weighted by atomic mass is 10.0. The summed E-state index contributed by atoms with van der Waals surface area (Å²) in [5, 5.41) is 3.14. The lowest BCUT2D eigenvalue weighted by Crippen LogP contribution is -2.48. The average Bonchev–Trinajstić information content (AvgIpc) is 2.40. The minimum atomic E-state index is 0.171. The van der Waals surface area contributed by atoms with E-state index in [0.29, 0.717) is 24.5 Å². The Labute approximate surface area is 122 Å². The summed E-state index contributed by atoms with van der Waals surface area (Å²) in [7, 11) is 1.68. The Morgan fingerprint density at radius 2 is 2.00 bits per heavy atom. The monoisotopic (exact) mass is 286 g/mol. The van der Waals surface area contributed by atoms with Crippen LogP contribution in [0, 0.1) is 5.92 Å². The number of nitrogens with zero attached hydrogens (tertiary/aromatic N) is 2. The fraction of sp³-hybridized carbons (Fsp3) is 0.929. The van der Waals surface area contributed by atoms with Crippen LogP contribution in [0.5, 0.6) is 0 Å². The van der Waals surface area contributed by atoms with Gasteiger partial charge in [0.05, 0.1) is 26.4 Å². The molecular formula is C14H30N4O2. The third kappa shape index (κ3) is 6.07. The number of nitrogens with one attached hydrogen (secondary N) is 1. The fourth-order valence-electron chi connectivity index (χ4n) is 2.44. The maximum atomic E-state index is 5.92. The van der Waals surface area contributed by atoms with Crippen molar-refractivity contribution in [2.75, 3.05) is 46.6 Å².